The first-order chi connectivity index (χ1) is 12.7. The van der Waals surface area contributed by atoms with E-state index in [1.54, 1.807) is 52.1 Å². The Bertz CT molecular complexity index is 827. The Labute approximate surface area is 158 Å². The fourth-order valence-corrected chi connectivity index (χ4v) is 2.37. The van der Waals surface area contributed by atoms with Crippen molar-refractivity contribution in [1.29, 1.82) is 0 Å². The summed E-state index contributed by atoms with van der Waals surface area (Å²) in [7, 11) is 2.87. The number of rotatable bonds is 5. The minimum atomic E-state index is -0.575. The monoisotopic (exact) mass is 372 g/mol. The topological polar surface area (TPSA) is 86.8 Å². The van der Waals surface area contributed by atoms with Gasteiger partial charge in [-0.1, -0.05) is 6.07 Å². The number of hydrogen-bond donors (Lipinski definition) is 1. The molecule has 0 aliphatic rings. The molecule has 1 amide bonds. The zero-order valence-electron chi connectivity index (χ0n) is 16.2. The van der Waals surface area contributed by atoms with Crippen LogP contribution in [0.2, 0.25) is 0 Å². The first kappa shape index (κ1) is 20.2. The van der Waals surface area contributed by atoms with Crippen LogP contribution in [0.5, 0.6) is 5.75 Å². The molecule has 27 heavy (non-hydrogen) atoms. The molecule has 0 aliphatic heterocycles. The van der Waals surface area contributed by atoms with Crippen LogP contribution >= 0.6 is 0 Å². The zero-order valence-corrected chi connectivity index (χ0v) is 16.2. The van der Waals surface area contributed by atoms with Gasteiger partial charge in [0.05, 0.1) is 19.9 Å². The lowest BCUT2D eigenvalue weighted by atomic mass is 10.1. The van der Waals surface area contributed by atoms with Crippen LogP contribution in [0.4, 0.5) is 4.79 Å². The van der Waals surface area contributed by atoms with E-state index in [1.807, 2.05) is 12.1 Å². The van der Waals surface area contributed by atoms with Gasteiger partial charge >= 0.3 is 12.1 Å². The van der Waals surface area contributed by atoms with Crippen LogP contribution in [0.15, 0.2) is 36.4 Å². The van der Waals surface area contributed by atoms with Gasteiger partial charge in [-0.2, -0.15) is 0 Å². The third-order valence-corrected chi connectivity index (χ3v) is 3.54. The molecular weight excluding hydrogens is 348 g/mol. The smallest absolute Gasteiger partial charge is 0.407 e. The van der Waals surface area contributed by atoms with Crippen molar-refractivity contribution in [2.75, 3.05) is 14.2 Å². The van der Waals surface area contributed by atoms with Crippen LogP contribution < -0.4 is 10.1 Å². The number of amides is 1. The summed E-state index contributed by atoms with van der Waals surface area (Å²) >= 11 is 0. The van der Waals surface area contributed by atoms with Crippen molar-refractivity contribution in [2.45, 2.75) is 32.9 Å². The first-order valence-corrected chi connectivity index (χ1v) is 8.43. The van der Waals surface area contributed by atoms with E-state index in [9.17, 15) is 9.59 Å². The third kappa shape index (κ3) is 5.70. The van der Waals surface area contributed by atoms with Crippen molar-refractivity contribution in [3.63, 3.8) is 0 Å². The van der Waals surface area contributed by atoms with Crippen molar-refractivity contribution < 1.29 is 23.8 Å². The van der Waals surface area contributed by atoms with Crippen molar-refractivity contribution in [3.05, 3.63) is 47.7 Å². The van der Waals surface area contributed by atoms with Crippen LogP contribution in [0.1, 0.15) is 36.8 Å². The second-order valence-corrected chi connectivity index (χ2v) is 6.78. The van der Waals surface area contributed by atoms with Crippen LogP contribution in [0.25, 0.3) is 11.3 Å². The number of alkyl carbamates (subject to hydrolysis) is 1. The van der Waals surface area contributed by atoms with E-state index in [2.05, 4.69) is 10.3 Å². The van der Waals surface area contributed by atoms with Gasteiger partial charge in [0.1, 0.15) is 17.0 Å². The van der Waals surface area contributed by atoms with Gasteiger partial charge in [0.25, 0.3) is 0 Å². The number of nitrogens with one attached hydrogen (secondary N) is 1. The minimum Gasteiger partial charge on any atom is -0.496 e. The number of carbonyl (C=O) groups is 2. The molecule has 0 atom stereocenters. The molecule has 1 aromatic carbocycles. The van der Waals surface area contributed by atoms with Gasteiger partial charge in [-0.25, -0.2) is 14.6 Å². The number of aromatic nitrogens is 1. The molecule has 7 heteroatoms. The van der Waals surface area contributed by atoms with E-state index >= 15 is 0 Å². The molecular formula is C20H24N2O5. The molecule has 1 aromatic heterocycles. The second-order valence-electron chi connectivity index (χ2n) is 6.78. The fraction of sp³-hybridized carbons (Fsp3) is 0.350. The zero-order chi connectivity index (χ0) is 20.0. The molecule has 0 unspecified atom stereocenters. The summed E-state index contributed by atoms with van der Waals surface area (Å²) in [6, 6.07) is 10.6. The Balaban J connectivity index is 2.25. The lowest BCUT2D eigenvalue weighted by Gasteiger charge is -2.20. The molecule has 0 saturated heterocycles. The maximum Gasteiger partial charge on any atom is 0.407 e. The summed E-state index contributed by atoms with van der Waals surface area (Å²) < 4.78 is 15.3. The van der Waals surface area contributed by atoms with E-state index < -0.39 is 17.7 Å². The standard InChI is InChI=1S/C20H24N2O5/c1-20(2,3)27-19(24)21-12-14-11-13(9-10-17(14)25-4)15-7-6-8-16(22-15)18(23)26-5/h6-11H,12H2,1-5H3,(H,21,24). The molecule has 144 valence electrons. The van der Waals surface area contributed by atoms with Gasteiger partial charge in [0.15, 0.2) is 0 Å². The van der Waals surface area contributed by atoms with Crippen molar-refractivity contribution in [1.82, 2.24) is 10.3 Å². The molecule has 0 fully saturated rings. The number of esters is 1. The van der Waals surface area contributed by atoms with Crippen molar-refractivity contribution >= 4 is 12.1 Å². The SMILES string of the molecule is COC(=O)c1cccc(-c2ccc(OC)c(CNC(=O)OC(C)(C)C)c2)n1. The molecule has 2 aromatic rings. The molecule has 0 saturated carbocycles. The van der Waals surface area contributed by atoms with Gasteiger partial charge in [-0.3, -0.25) is 0 Å². The molecule has 0 spiro atoms. The average Bonchev–Trinajstić information content (AvgIpc) is 2.64. The Hall–Kier alpha value is -3.09. The van der Waals surface area contributed by atoms with Gasteiger partial charge in [-0.15, -0.1) is 0 Å². The van der Waals surface area contributed by atoms with Gasteiger partial charge in [0, 0.05) is 17.7 Å². The summed E-state index contributed by atoms with van der Waals surface area (Å²) in [6.07, 6.45) is -0.513. The fourth-order valence-electron chi connectivity index (χ4n) is 2.37. The Morgan fingerprint density at radius 1 is 1.11 bits per heavy atom. The summed E-state index contributed by atoms with van der Waals surface area (Å²) in [6.45, 7) is 5.62. The predicted molar refractivity (Wildman–Crippen MR) is 101 cm³/mol. The quantitative estimate of drug-likeness (QED) is 0.808. The van der Waals surface area contributed by atoms with E-state index in [0.29, 0.717) is 11.4 Å². The van der Waals surface area contributed by atoms with Gasteiger partial charge in [0.2, 0.25) is 0 Å². The van der Waals surface area contributed by atoms with Crippen LogP contribution in [-0.2, 0) is 16.0 Å². The van der Waals surface area contributed by atoms with Gasteiger partial charge < -0.3 is 19.5 Å². The highest BCUT2D eigenvalue weighted by Gasteiger charge is 2.17. The molecule has 1 N–H and O–H groups in total. The first-order valence-electron chi connectivity index (χ1n) is 8.43. The molecule has 0 bridgehead atoms. The van der Waals surface area contributed by atoms with Crippen molar-refractivity contribution in [2.24, 2.45) is 0 Å². The summed E-state index contributed by atoms with van der Waals surface area (Å²) in [5.74, 6) is 0.121. The molecule has 0 radical (unpaired) electrons. The summed E-state index contributed by atoms with van der Waals surface area (Å²) in [5.41, 5.74) is 1.79. The average molecular weight is 372 g/mol. The number of benzene rings is 1. The highest BCUT2D eigenvalue weighted by molar-refractivity contribution is 5.87. The summed E-state index contributed by atoms with van der Waals surface area (Å²) in [4.78, 5) is 27.9. The van der Waals surface area contributed by atoms with Crippen LogP contribution in [0, 0.1) is 0 Å². The Morgan fingerprint density at radius 3 is 2.48 bits per heavy atom. The number of carbonyl (C=O) groups excluding carboxylic acids is 2. The van der Waals surface area contributed by atoms with Crippen LogP contribution in [0.3, 0.4) is 0 Å². The summed E-state index contributed by atoms with van der Waals surface area (Å²) in [5, 5.41) is 2.71. The Kier molecular flexibility index (Phi) is 6.39. The molecule has 1 heterocycles. The third-order valence-electron chi connectivity index (χ3n) is 3.54. The van der Waals surface area contributed by atoms with Gasteiger partial charge in [-0.05, 0) is 51.1 Å². The van der Waals surface area contributed by atoms with Crippen LogP contribution in [-0.4, -0.2) is 36.9 Å². The highest BCUT2D eigenvalue weighted by atomic mass is 16.6. The lowest BCUT2D eigenvalue weighted by Crippen LogP contribution is -2.32. The maximum atomic E-state index is 11.9. The number of methoxy groups -OCH3 is 2. The second kappa shape index (κ2) is 8.53. The van der Waals surface area contributed by atoms with E-state index in [0.717, 1.165) is 11.1 Å². The van der Waals surface area contributed by atoms with E-state index in [4.69, 9.17) is 14.2 Å². The van der Waals surface area contributed by atoms with Crippen molar-refractivity contribution in [3.8, 4) is 17.0 Å². The maximum absolute atomic E-state index is 11.9. The number of pyridine rings is 1. The van der Waals surface area contributed by atoms with E-state index in [1.165, 1.54) is 7.11 Å². The minimum absolute atomic E-state index is 0.222. The predicted octanol–water partition coefficient (Wildman–Crippen LogP) is 3.57. The largest absolute Gasteiger partial charge is 0.496 e. The molecule has 0 aliphatic carbocycles. The normalized spacial score (nSPS) is 10.9. The number of nitrogens with zero attached hydrogens (tertiary/aromatic N) is 1. The van der Waals surface area contributed by atoms with E-state index in [-0.39, 0.29) is 12.2 Å². The number of hydrogen-bond acceptors (Lipinski definition) is 6. The highest BCUT2D eigenvalue weighted by Crippen LogP contribution is 2.26. The Morgan fingerprint density at radius 2 is 1.85 bits per heavy atom. The molecule has 7 nitrogen and oxygen atoms in total. The number of ether oxygens (including phenoxy) is 3. The lowest BCUT2D eigenvalue weighted by molar-refractivity contribution is 0.0522. The molecule has 2 rings (SSSR count).